The number of nitrogens with one attached hydrogen (secondary N) is 1. The number of hydrogen-bond acceptors (Lipinski definition) is 5. The summed E-state index contributed by atoms with van der Waals surface area (Å²) in [6.07, 6.45) is 0. The predicted molar refractivity (Wildman–Crippen MR) is 100 cm³/mol. The Morgan fingerprint density at radius 3 is 2.50 bits per heavy atom. The SMILES string of the molecule is CCN1CCN(c2cc(Nc3cccc(C)c3C)nc(C)n2)CC1. The fourth-order valence-electron chi connectivity index (χ4n) is 3.10. The molecule has 0 atom stereocenters. The minimum Gasteiger partial charge on any atom is -0.354 e. The molecule has 1 aliphatic rings. The molecule has 0 aliphatic carbocycles. The summed E-state index contributed by atoms with van der Waals surface area (Å²) in [6, 6.07) is 8.36. The number of rotatable bonds is 4. The Bertz CT molecular complexity index is 705. The third-order valence-corrected chi connectivity index (χ3v) is 4.84. The second-order valence-corrected chi connectivity index (χ2v) is 6.45. The lowest BCUT2D eigenvalue weighted by atomic mass is 10.1. The summed E-state index contributed by atoms with van der Waals surface area (Å²) in [6.45, 7) is 13.8. The van der Waals surface area contributed by atoms with Gasteiger partial charge in [0.05, 0.1) is 0 Å². The molecule has 5 nitrogen and oxygen atoms in total. The fourth-order valence-corrected chi connectivity index (χ4v) is 3.10. The number of aryl methyl sites for hydroxylation is 2. The van der Waals surface area contributed by atoms with E-state index in [4.69, 9.17) is 0 Å². The molecular weight excluding hydrogens is 298 g/mol. The Kier molecular flexibility index (Phi) is 5.00. The largest absolute Gasteiger partial charge is 0.354 e. The first kappa shape index (κ1) is 16.7. The maximum absolute atomic E-state index is 4.65. The van der Waals surface area contributed by atoms with Crippen molar-refractivity contribution in [2.24, 2.45) is 0 Å². The summed E-state index contributed by atoms with van der Waals surface area (Å²) < 4.78 is 0. The average molecular weight is 325 g/mol. The molecule has 5 heteroatoms. The van der Waals surface area contributed by atoms with E-state index >= 15 is 0 Å². The monoisotopic (exact) mass is 325 g/mol. The lowest BCUT2D eigenvalue weighted by Crippen LogP contribution is -2.46. The first-order chi connectivity index (χ1) is 11.6. The molecule has 1 fully saturated rings. The van der Waals surface area contributed by atoms with Crippen LogP contribution in [0.3, 0.4) is 0 Å². The highest BCUT2D eigenvalue weighted by molar-refractivity contribution is 5.64. The summed E-state index contributed by atoms with van der Waals surface area (Å²) in [4.78, 5) is 14.0. The van der Waals surface area contributed by atoms with Crippen LogP contribution < -0.4 is 10.2 Å². The molecule has 0 radical (unpaired) electrons. The maximum atomic E-state index is 4.65. The Hall–Kier alpha value is -2.14. The zero-order chi connectivity index (χ0) is 17.1. The van der Waals surface area contributed by atoms with Gasteiger partial charge in [0, 0.05) is 37.9 Å². The van der Waals surface area contributed by atoms with Crippen LogP contribution in [0.25, 0.3) is 0 Å². The normalized spacial score (nSPS) is 15.6. The van der Waals surface area contributed by atoms with E-state index in [2.05, 4.69) is 70.1 Å². The van der Waals surface area contributed by atoms with Crippen LogP contribution in [0.15, 0.2) is 24.3 Å². The third-order valence-electron chi connectivity index (χ3n) is 4.84. The topological polar surface area (TPSA) is 44.3 Å². The van der Waals surface area contributed by atoms with Crippen molar-refractivity contribution in [1.29, 1.82) is 0 Å². The molecule has 1 aromatic carbocycles. The zero-order valence-electron chi connectivity index (χ0n) is 15.1. The van der Waals surface area contributed by atoms with Gasteiger partial charge >= 0.3 is 0 Å². The van der Waals surface area contributed by atoms with E-state index in [1.165, 1.54) is 11.1 Å². The number of anilines is 3. The van der Waals surface area contributed by atoms with E-state index in [1.807, 2.05) is 6.92 Å². The molecule has 0 spiro atoms. The Morgan fingerprint density at radius 1 is 1.04 bits per heavy atom. The number of benzene rings is 1. The highest BCUT2D eigenvalue weighted by Gasteiger charge is 2.18. The highest BCUT2D eigenvalue weighted by Crippen LogP contribution is 2.24. The van der Waals surface area contributed by atoms with Gasteiger partial charge in [0.2, 0.25) is 0 Å². The quantitative estimate of drug-likeness (QED) is 0.934. The van der Waals surface area contributed by atoms with Crippen molar-refractivity contribution in [3.8, 4) is 0 Å². The molecule has 3 rings (SSSR count). The minimum absolute atomic E-state index is 0.804. The first-order valence-corrected chi connectivity index (χ1v) is 8.73. The number of nitrogens with zero attached hydrogens (tertiary/aromatic N) is 4. The molecule has 0 unspecified atom stereocenters. The Balaban J connectivity index is 1.80. The Labute approximate surface area is 144 Å². The van der Waals surface area contributed by atoms with Gasteiger partial charge in [-0.05, 0) is 44.5 Å². The van der Waals surface area contributed by atoms with Gasteiger partial charge in [0.1, 0.15) is 17.5 Å². The third kappa shape index (κ3) is 3.67. The van der Waals surface area contributed by atoms with Crippen LogP contribution in [0.5, 0.6) is 0 Å². The van der Waals surface area contributed by atoms with Crippen molar-refractivity contribution < 1.29 is 0 Å². The van der Waals surface area contributed by atoms with E-state index in [-0.39, 0.29) is 0 Å². The van der Waals surface area contributed by atoms with Crippen LogP contribution in [-0.2, 0) is 0 Å². The maximum Gasteiger partial charge on any atom is 0.136 e. The standard InChI is InChI=1S/C19H27N5/c1-5-23-9-11-24(12-10-23)19-13-18(20-16(4)21-19)22-17-8-6-7-14(2)15(17)3/h6-8,13H,5,9-12H2,1-4H3,(H,20,21,22). The van der Waals surface area contributed by atoms with Gasteiger partial charge < -0.3 is 15.1 Å². The summed E-state index contributed by atoms with van der Waals surface area (Å²) in [5.74, 6) is 2.69. The molecule has 128 valence electrons. The Morgan fingerprint density at radius 2 is 1.79 bits per heavy atom. The van der Waals surface area contributed by atoms with Crippen molar-refractivity contribution in [3.05, 3.63) is 41.2 Å². The molecule has 0 bridgehead atoms. The van der Waals surface area contributed by atoms with Gasteiger partial charge in [-0.3, -0.25) is 0 Å². The van der Waals surface area contributed by atoms with Crippen LogP contribution in [0.4, 0.5) is 17.3 Å². The van der Waals surface area contributed by atoms with Crippen LogP contribution >= 0.6 is 0 Å². The number of likely N-dealkylation sites (N-methyl/N-ethyl adjacent to an activating group) is 1. The van der Waals surface area contributed by atoms with Crippen LogP contribution in [0.2, 0.25) is 0 Å². The molecule has 2 heterocycles. The van der Waals surface area contributed by atoms with Crippen LogP contribution in [-0.4, -0.2) is 47.6 Å². The van der Waals surface area contributed by atoms with Gasteiger partial charge in [0.15, 0.2) is 0 Å². The zero-order valence-corrected chi connectivity index (χ0v) is 15.1. The average Bonchev–Trinajstić information content (AvgIpc) is 2.58. The first-order valence-electron chi connectivity index (χ1n) is 8.73. The van der Waals surface area contributed by atoms with E-state index < -0.39 is 0 Å². The van der Waals surface area contributed by atoms with Crippen molar-refractivity contribution in [2.45, 2.75) is 27.7 Å². The minimum atomic E-state index is 0.804. The molecule has 1 aliphatic heterocycles. The fraction of sp³-hybridized carbons (Fsp3) is 0.474. The molecule has 2 aromatic rings. The second-order valence-electron chi connectivity index (χ2n) is 6.45. The van der Waals surface area contributed by atoms with Gasteiger partial charge in [-0.25, -0.2) is 9.97 Å². The second kappa shape index (κ2) is 7.18. The smallest absolute Gasteiger partial charge is 0.136 e. The lowest BCUT2D eigenvalue weighted by molar-refractivity contribution is 0.270. The molecule has 0 amide bonds. The van der Waals surface area contributed by atoms with Crippen molar-refractivity contribution >= 4 is 17.3 Å². The van der Waals surface area contributed by atoms with Gasteiger partial charge in [-0.1, -0.05) is 19.1 Å². The van der Waals surface area contributed by atoms with Crippen molar-refractivity contribution in [2.75, 3.05) is 42.9 Å². The molecule has 1 saturated heterocycles. The molecule has 1 aromatic heterocycles. The number of piperazine rings is 1. The predicted octanol–water partition coefficient (Wildman–Crippen LogP) is 3.29. The van der Waals surface area contributed by atoms with E-state index in [0.717, 1.165) is 55.9 Å². The number of aromatic nitrogens is 2. The summed E-state index contributed by atoms with van der Waals surface area (Å²) in [5.41, 5.74) is 3.64. The summed E-state index contributed by atoms with van der Waals surface area (Å²) >= 11 is 0. The highest BCUT2D eigenvalue weighted by atomic mass is 15.3. The molecule has 1 N–H and O–H groups in total. The van der Waals surface area contributed by atoms with Crippen LogP contribution in [0.1, 0.15) is 23.9 Å². The van der Waals surface area contributed by atoms with E-state index in [1.54, 1.807) is 0 Å². The summed E-state index contributed by atoms with van der Waals surface area (Å²) in [5, 5.41) is 3.47. The summed E-state index contributed by atoms with van der Waals surface area (Å²) in [7, 11) is 0. The van der Waals surface area contributed by atoms with Crippen LogP contribution in [0, 0.1) is 20.8 Å². The van der Waals surface area contributed by atoms with Gasteiger partial charge in [-0.2, -0.15) is 0 Å². The lowest BCUT2D eigenvalue weighted by Gasteiger charge is -2.34. The van der Waals surface area contributed by atoms with Crippen molar-refractivity contribution in [1.82, 2.24) is 14.9 Å². The molecule has 0 saturated carbocycles. The van der Waals surface area contributed by atoms with Gasteiger partial charge in [0.25, 0.3) is 0 Å². The molecule has 24 heavy (non-hydrogen) atoms. The van der Waals surface area contributed by atoms with Gasteiger partial charge in [-0.15, -0.1) is 0 Å². The van der Waals surface area contributed by atoms with Crippen molar-refractivity contribution in [3.63, 3.8) is 0 Å². The van der Waals surface area contributed by atoms with E-state index in [9.17, 15) is 0 Å². The molecular formula is C19H27N5. The number of hydrogen-bond donors (Lipinski definition) is 1. The van der Waals surface area contributed by atoms with E-state index in [0.29, 0.717) is 0 Å².